The number of fused-ring (bicyclic) bond motifs is 1. The van der Waals surface area contributed by atoms with Gasteiger partial charge < -0.3 is 5.32 Å². The van der Waals surface area contributed by atoms with E-state index in [1.165, 1.54) is 17.4 Å². The molecule has 0 radical (unpaired) electrons. The SMILES string of the molecule is CCCNc1nc(-c2ccc(Cl)cc2F)nc2sccc12. The van der Waals surface area contributed by atoms with E-state index in [1.807, 2.05) is 11.4 Å². The monoisotopic (exact) mass is 321 g/mol. The average molecular weight is 322 g/mol. The van der Waals surface area contributed by atoms with Crippen LogP contribution in [0, 0.1) is 5.82 Å². The molecule has 0 aliphatic heterocycles. The molecule has 2 aromatic heterocycles. The van der Waals surface area contributed by atoms with Crippen molar-refractivity contribution in [1.29, 1.82) is 0 Å². The van der Waals surface area contributed by atoms with Crippen molar-refractivity contribution in [3.8, 4) is 11.4 Å². The zero-order chi connectivity index (χ0) is 14.8. The fourth-order valence-corrected chi connectivity index (χ4v) is 2.95. The van der Waals surface area contributed by atoms with Crippen molar-refractivity contribution in [3.05, 3.63) is 40.5 Å². The zero-order valence-electron chi connectivity index (χ0n) is 11.4. The summed E-state index contributed by atoms with van der Waals surface area (Å²) < 4.78 is 14.1. The van der Waals surface area contributed by atoms with Crippen molar-refractivity contribution < 1.29 is 4.39 Å². The Morgan fingerprint density at radius 3 is 2.90 bits per heavy atom. The van der Waals surface area contributed by atoms with Crippen LogP contribution >= 0.6 is 22.9 Å². The Hall–Kier alpha value is -1.72. The summed E-state index contributed by atoms with van der Waals surface area (Å²) in [5.74, 6) is 0.699. The summed E-state index contributed by atoms with van der Waals surface area (Å²) in [6.45, 7) is 2.89. The first-order valence-electron chi connectivity index (χ1n) is 6.63. The molecule has 3 nitrogen and oxygen atoms in total. The van der Waals surface area contributed by atoms with Crippen molar-refractivity contribution in [1.82, 2.24) is 9.97 Å². The minimum atomic E-state index is -0.417. The van der Waals surface area contributed by atoms with Crippen LogP contribution in [-0.4, -0.2) is 16.5 Å². The normalized spacial score (nSPS) is 11.0. The molecule has 2 heterocycles. The molecule has 1 aromatic carbocycles. The molecule has 108 valence electrons. The molecule has 3 aromatic rings. The summed E-state index contributed by atoms with van der Waals surface area (Å²) in [7, 11) is 0. The second kappa shape index (κ2) is 5.95. The first-order chi connectivity index (χ1) is 10.2. The van der Waals surface area contributed by atoms with Crippen LogP contribution in [0.4, 0.5) is 10.2 Å². The van der Waals surface area contributed by atoms with Crippen LogP contribution < -0.4 is 5.32 Å². The average Bonchev–Trinajstić information content (AvgIpc) is 2.93. The Morgan fingerprint density at radius 1 is 1.29 bits per heavy atom. The molecule has 0 spiro atoms. The molecular formula is C15H13ClFN3S. The molecule has 0 amide bonds. The summed E-state index contributed by atoms with van der Waals surface area (Å²) in [6.07, 6.45) is 0.986. The third-order valence-corrected chi connectivity index (χ3v) is 4.08. The van der Waals surface area contributed by atoms with Gasteiger partial charge in [0.25, 0.3) is 0 Å². The summed E-state index contributed by atoms with van der Waals surface area (Å²) >= 11 is 7.30. The van der Waals surface area contributed by atoms with Crippen molar-refractivity contribution >= 4 is 39.0 Å². The van der Waals surface area contributed by atoms with E-state index in [9.17, 15) is 4.39 Å². The Balaban J connectivity index is 2.13. The maximum absolute atomic E-state index is 14.1. The molecule has 0 atom stereocenters. The predicted molar refractivity (Wildman–Crippen MR) is 86.6 cm³/mol. The van der Waals surface area contributed by atoms with Crippen LogP contribution in [0.5, 0.6) is 0 Å². The zero-order valence-corrected chi connectivity index (χ0v) is 12.9. The maximum atomic E-state index is 14.1. The van der Waals surface area contributed by atoms with Gasteiger partial charge in [-0.05, 0) is 36.1 Å². The maximum Gasteiger partial charge on any atom is 0.166 e. The minimum Gasteiger partial charge on any atom is -0.369 e. The van der Waals surface area contributed by atoms with Gasteiger partial charge in [-0.3, -0.25) is 0 Å². The molecule has 0 aliphatic carbocycles. The fourth-order valence-electron chi connectivity index (χ4n) is 2.02. The van der Waals surface area contributed by atoms with E-state index in [1.54, 1.807) is 12.1 Å². The first-order valence-corrected chi connectivity index (χ1v) is 7.89. The molecule has 0 fully saturated rings. The second-order valence-corrected chi connectivity index (χ2v) is 5.92. The molecule has 6 heteroatoms. The number of benzene rings is 1. The van der Waals surface area contributed by atoms with Gasteiger partial charge >= 0.3 is 0 Å². The van der Waals surface area contributed by atoms with Gasteiger partial charge in [0.05, 0.1) is 10.9 Å². The van der Waals surface area contributed by atoms with Crippen LogP contribution in [0.15, 0.2) is 29.6 Å². The lowest BCUT2D eigenvalue weighted by atomic mass is 10.2. The number of halogens is 2. The number of nitrogens with zero attached hydrogens (tertiary/aromatic N) is 2. The van der Waals surface area contributed by atoms with Crippen molar-refractivity contribution in [2.45, 2.75) is 13.3 Å². The van der Waals surface area contributed by atoms with E-state index in [-0.39, 0.29) is 0 Å². The van der Waals surface area contributed by atoms with Gasteiger partial charge in [0, 0.05) is 11.6 Å². The smallest absolute Gasteiger partial charge is 0.166 e. The second-order valence-electron chi connectivity index (χ2n) is 4.59. The Kier molecular flexibility index (Phi) is 4.03. The van der Waals surface area contributed by atoms with Gasteiger partial charge in [0.1, 0.15) is 16.5 Å². The highest BCUT2D eigenvalue weighted by atomic mass is 35.5. The molecule has 0 bridgehead atoms. The lowest BCUT2D eigenvalue weighted by Crippen LogP contribution is -2.04. The number of thiophene rings is 1. The molecule has 21 heavy (non-hydrogen) atoms. The summed E-state index contributed by atoms with van der Waals surface area (Å²) in [6, 6.07) is 6.50. The standard InChI is InChI=1S/C15H13ClFN3S/c1-2-6-18-13-11-5-7-21-15(11)20-14(19-13)10-4-3-9(16)8-12(10)17/h3-5,7-8H,2,6H2,1H3,(H,18,19,20). The van der Waals surface area contributed by atoms with Crippen molar-refractivity contribution in [2.75, 3.05) is 11.9 Å². The van der Waals surface area contributed by atoms with E-state index in [0.29, 0.717) is 16.4 Å². The van der Waals surface area contributed by atoms with Gasteiger partial charge in [-0.15, -0.1) is 11.3 Å². The van der Waals surface area contributed by atoms with Gasteiger partial charge in [0.15, 0.2) is 5.82 Å². The van der Waals surface area contributed by atoms with Gasteiger partial charge in [-0.1, -0.05) is 18.5 Å². The predicted octanol–water partition coefficient (Wildman–Crippen LogP) is 4.97. The number of anilines is 1. The highest BCUT2D eigenvalue weighted by Gasteiger charge is 2.13. The van der Waals surface area contributed by atoms with E-state index in [2.05, 4.69) is 22.2 Å². The molecular weight excluding hydrogens is 309 g/mol. The highest BCUT2D eigenvalue weighted by Crippen LogP contribution is 2.30. The van der Waals surface area contributed by atoms with Crippen LogP contribution in [-0.2, 0) is 0 Å². The Morgan fingerprint density at radius 2 is 2.14 bits per heavy atom. The van der Waals surface area contributed by atoms with Crippen molar-refractivity contribution in [2.24, 2.45) is 0 Å². The number of rotatable bonds is 4. The number of nitrogens with one attached hydrogen (secondary N) is 1. The Bertz CT molecular complexity index is 788. The number of aromatic nitrogens is 2. The molecule has 0 saturated carbocycles. The molecule has 0 saturated heterocycles. The summed E-state index contributed by atoms with van der Waals surface area (Å²) in [5.41, 5.74) is 0.356. The largest absolute Gasteiger partial charge is 0.369 e. The topological polar surface area (TPSA) is 37.8 Å². The van der Waals surface area contributed by atoms with Gasteiger partial charge in [-0.25, -0.2) is 14.4 Å². The minimum absolute atomic E-state index is 0.356. The first kappa shape index (κ1) is 14.2. The van der Waals surface area contributed by atoms with E-state index in [0.717, 1.165) is 29.0 Å². The van der Waals surface area contributed by atoms with Crippen molar-refractivity contribution in [3.63, 3.8) is 0 Å². The number of hydrogen-bond donors (Lipinski definition) is 1. The molecule has 0 aliphatic rings. The third kappa shape index (κ3) is 2.84. The van der Waals surface area contributed by atoms with Crippen LogP contribution in [0.25, 0.3) is 21.6 Å². The quantitative estimate of drug-likeness (QED) is 0.737. The van der Waals surface area contributed by atoms with E-state index < -0.39 is 5.82 Å². The fraction of sp³-hybridized carbons (Fsp3) is 0.200. The van der Waals surface area contributed by atoms with Crippen LogP contribution in [0.3, 0.4) is 0 Å². The number of hydrogen-bond acceptors (Lipinski definition) is 4. The lowest BCUT2D eigenvalue weighted by molar-refractivity contribution is 0.630. The summed E-state index contributed by atoms with van der Waals surface area (Å²) in [5, 5.41) is 6.55. The van der Waals surface area contributed by atoms with Crippen LogP contribution in [0.1, 0.15) is 13.3 Å². The highest BCUT2D eigenvalue weighted by molar-refractivity contribution is 7.16. The lowest BCUT2D eigenvalue weighted by Gasteiger charge is -2.08. The molecule has 3 rings (SSSR count). The van der Waals surface area contributed by atoms with Crippen LogP contribution in [0.2, 0.25) is 5.02 Å². The Labute approximate surface area is 130 Å². The van der Waals surface area contributed by atoms with Gasteiger partial charge in [0.2, 0.25) is 0 Å². The van der Waals surface area contributed by atoms with E-state index in [4.69, 9.17) is 11.6 Å². The third-order valence-electron chi connectivity index (χ3n) is 3.04. The van der Waals surface area contributed by atoms with Gasteiger partial charge in [-0.2, -0.15) is 0 Å². The van der Waals surface area contributed by atoms with E-state index >= 15 is 0 Å². The molecule has 0 unspecified atom stereocenters. The molecule has 1 N–H and O–H groups in total. The summed E-state index contributed by atoms with van der Waals surface area (Å²) in [4.78, 5) is 9.76.